The third kappa shape index (κ3) is 2.87. The summed E-state index contributed by atoms with van der Waals surface area (Å²) in [7, 11) is 0. The molecule has 0 bridgehead atoms. The number of carbonyl (C=O) groups is 1. The van der Waals surface area contributed by atoms with E-state index in [1.807, 2.05) is 0 Å². The summed E-state index contributed by atoms with van der Waals surface area (Å²) in [6, 6.07) is 3.37. The molecule has 1 heterocycles. The first-order valence-electron chi connectivity index (χ1n) is 6.98. The standard InChI is InChI=1S/C15H17BrO5/c1-2-19-14(18)13(17)9-5-11-12(6-10(9)16)21-8-15(3-4-15)7-20-11/h5-6,13,17H,2-4,7-8H2,1H3. The van der Waals surface area contributed by atoms with Crippen molar-refractivity contribution < 1.29 is 24.1 Å². The molecule has 3 rings (SSSR count). The van der Waals surface area contributed by atoms with Gasteiger partial charge in [0.15, 0.2) is 17.6 Å². The molecular formula is C15H17BrO5. The molecule has 1 spiro atoms. The molecule has 114 valence electrons. The fourth-order valence-electron chi connectivity index (χ4n) is 2.30. The molecule has 2 aliphatic rings. The molecule has 6 heteroatoms. The summed E-state index contributed by atoms with van der Waals surface area (Å²) in [6.45, 7) is 3.17. The van der Waals surface area contributed by atoms with Gasteiger partial charge in [-0.2, -0.15) is 0 Å². The Kier molecular flexibility index (Phi) is 3.84. The van der Waals surface area contributed by atoms with Gasteiger partial charge in [-0.1, -0.05) is 15.9 Å². The number of aliphatic hydroxyl groups excluding tert-OH is 1. The molecule has 1 unspecified atom stereocenters. The Morgan fingerprint density at radius 2 is 2.00 bits per heavy atom. The molecule has 0 aromatic heterocycles. The maximum Gasteiger partial charge on any atom is 0.339 e. The number of carbonyl (C=O) groups excluding carboxylic acids is 1. The molecule has 1 saturated carbocycles. The molecule has 1 fully saturated rings. The second-order valence-corrected chi connectivity index (χ2v) is 6.41. The van der Waals surface area contributed by atoms with Crippen LogP contribution in [0.2, 0.25) is 0 Å². The summed E-state index contributed by atoms with van der Waals surface area (Å²) < 4.78 is 17.0. The average Bonchev–Trinajstić information content (AvgIpc) is 3.26. The van der Waals surface area contributed by atoms with E-state index in [0.717, 1.165) is 12.8 Å². The van der Waals surface area contributed by atoms with Crippen molar-refractivity contribution in [3.8, 4) is 11.5 Å². The highest BCUT2D eigenvalue weighted by Gasteiger charge is 2.46. The van der Waals surface area contributed by atoms with Crippen molar-refractivity contribution in [2.75, 3.05) is 19.8 Å². The zero-order chi connectivity index (χ0) is 15.0. The molecule has 1 aliphatic heterocycles. The number of ether oxygens (including phenoxy) is 3. The van der Waals surface area contributed by atoms with E-state index < -0.39 is 12.1 Å². The van der Waals surface area contributed by atoms with Crippen LogP contribution >= 0.6 is 15.9 Å². The third-order valence-electron chi connectivity index (χ3n) is 3.89. The summed E-state index contributed by atoms with van der Waals surface area (Å²) in [5.74, 6) is 0.511. The van der Waals surface area contributed by atoms with Crippen LogP contribution in [0.15, 0.2) is 16.6 Å². The largest absolute Gasteiger partial charge is 0.489 e. The first-order valence-corrected chi connectivity index (χ1v) is 7.78. The maximum atomic E-state index is 11.7. The highest BCUT2D eigenvalue weighted by molar-refractivity contribution is 9.10. The van der Waals surface area contributed by atoms with E-state index in [2.05, 4.69) is 15.9 Å². The molecular weight excluding hydrogens is 340 g/mol. The van der Waals surface area contributed by atoms with Crippen molar-refractivity contribution >= 4 is 21.9 Å². The summed E-state index contributed by atoms with van der Waals surface area (Å²) in [5, 5.41) is 10.1. The minimum Gasteiger partial charge on any atom is -0.489 e. The third-order valence-corrected chi connectivity index (χ3v) is 4.58. The number of hydrogen-bond donors (Lipinski definition) is 1. The van der Waals surface area contributed by atoms with Crippen molar-refractivity contribution in [2.24, 2.45) is 5.41 Å². The van der Waals surface area contributed by atoms with Gasteiger partial charge in [0, 0.05) is 15.5 Å². The van der Waals surface area contributed by atoms with Crippen LogP contribution in [-0.4, -0.2) is 30.9 Å². The molecule has 1 aromatic carbocycles. The van der Waals surface area contributed by atoms with Gasteiger partial charge < -0.3 is 19.3 Å². The van der Waals surface area contributed by atoms with Crippen LogP contribution in [0.4, 0.5) is 0 Å². The molecule has 1 N–H and O–H groups in total. The monoisotopic (exact) mass is 356 g/mol. The molecule has 1 atom stereocenters. The van der Waals surface area contributed by atoms with Crippen molar-refractivity contribution in [3.63, 3.8) is 0 Å². The zero-order valence-corrected chi connectivity index (χ0v) is 13.3. The first-order chi connectivity index (χ1) is 10.0. The average molecular weight is 357 g/mol. The molecule has 1 aliphatic carbocycles. The van der Waals surface area contributed by atoms with Crippen LogP contribution in [0.5, 0.6) is 11.5 Å². The Morgan fingerprint density at radius 1 is 1.38 bits per heavy atom. The lowest BCUT2D eigenvalue weighted by atomic mass is 10.1. The zero-order valence-electron chi connectivity index (χ0n) is 11.7. The van der Waals surface area contributed by atoms with Gasteiger partial charge in [0.2, 0.25) is 0 Å². The Hall–Kier alpha value is -1.27. The Bertz CT molecular complexity index is 567. The van der Waals surface area contributed by atoms with E-state index in [1.165, 1.54) is 0 Å². The van der Waals surface area contributed by atoms with Gasteiger partial charge in [-0.3, -0.25) is 0 Å². The second kappa shape index (κ2) is 5.50. The molecule has 0 amide bonds. The lowest BCUT2D eigenvalue weighted by Gasteiger charge is -2.15. The Morgan fingerprint density at radius 3 is 2.57 bits per heavy atom. The highest BCUT2D eigenvalue weighted by Crippen LogP contribution is 2.49. The minimum atomic E-state index is -1.34. The summed E-state index contributed by atoms with van der Waals surface area (Å²) in [4.78, 5) is 11.7. The highest BCUT2D eigenvalue weighted by atomic mass is 79.9. The van der Waals surface area contributed by atoms with E-state index in [4.69, 9.17) is 14.2 Å². The number of halogens is 1. The van der Waals surface area contributed by atoms with Crippen LogP contribution in [-0.2, 0) is 9.53 Å². The first kappa shape index (κ1) is 14.7. The number of rotatable bonds is 3. The number of esters is 1. The number of hydrogen-bond acceptors (Lipinski definition) is 5. The normalized spacial score (nSPS) is 19.8. The van der Waals surface area contributed by atoms with Gasteiger partial charge in [-0.05, 0) is 31.9 Å². The van der Waals surface area contributed by atoms with Crippen LogP contribution < -0.4 is 9.47 Å². The number of aliphatic hydroxyl groups is 1. The van der Waals surface area contributed by atoms with Crippen molar-refractivity contribution in [1.29, 1.82) is 0 Å². The molecule has 0 saturated heterocycles. The van der Waals surface area contributed by atoms with Gasteiger partial charge in [-0.15, -0.1) is 0 Å². The van der Waals surface area contributed by atoms with Gasteiger partial charge in [0.25, 0.3) is 0 Å². The number of fused-ring (bicyclic) bond motifs is 1. The lowest BCUT2D eigenvalue weighted by molar-refractivity contribution is -0.153. The van der Waals surface area contributed by atoms with Crippen LogP contribution in [0.25, 0.3) is 0 Å². The molecule has 21 heavy (non-hydrogen) atoms. The lowest BCUT2D eigenvalue weighted by Crippen LogP contribution is -2.17. The minimum absolute atomic E-state index is 0.144. The van der Waals surface area contributed by atoms with E-state index in [-0.39, 0.29) is 12.0 Å². The van der Waals surface area contributed by atoms with E-state index in [9.17, 15) is 9.90 Å². The summed E-state index contributed by atoms with van der Waals surface area (Å²) in [5.41, 5.74) is 0.563. The van der Waals surface area contributed by atoms with Gasteiger partial charge in [0.05, 0.1) is 19.8 Å². The van der Waals surface area contributed by atoms with Crippen molar-refractivity contribution in [1.82, 2.24) is 0 Å². The quantitative estimate of drug-likeness (QED) is 0.843. The van der Waals surface area contributed by atoms with Crippen molar-refractivity contribution in [3.05, 3.63) is 22.2 Å². The van der Waals surface area contributed by atoms with Gasteiger partial charge >= 0.3 is 5.97 Å². The second-order valence-electron chi connectivity index (χ2n) is 5.55. The number of benzene rings is 1. The van der Waals surface area contributed by atoms with Crippen LogP contribution in [0, 0.1) is 5.41 Å². The predicted molar refractivity (Wildman–Crippen MR) is 78.4 cm³/mol. The molecule has 5 nitrogen and oxygen atoms in total. The fraction of sp³-hybridized carbons (Fsp3) is 0.533. The molecule has 1 aromatic rings. The molecule has 0 radical (unpaired) electrons. The maximum absolute atomic E-state index is 11.7. The van der Waals surface area contributed by atoms with Gasteiger partial charge in [0.1, 0.15) is 0 Å². The van der Waals surface area contributed by atoms with Crippen LogP contribution in [0.3, 0.4) is 0 Å². The smallest absolute Gasteiger partial charge is 0.339 e. The van der Waals surface area contributed by atoms with E-state index >= 15 is 0 Å². The fourth-order valence-corrected chi connectivity index (χ4v) is 2.84. The SMILES string of the molecule is CCOC(=O)C(O)c1cc2c(cc1Br)OCC1(CC1)CO2. The topological polar surface area (TPSA) is 65.0 Å². The summed E-state index contributed by atoms with van der Waals surface area (Å²) in [6.07, 6.45) is 0.882. The van der Waals surface area contributed by atoms with Crippen molar-refractivity contribution in [2.45, 2.75) is 25.9 Å². The summed E-state index contributed by atoms with van der Waals surface area (Å²) >= 11 is 3.36. The van der Waals surface area contributed by atoms with Gasteiger partial charge in [-0.25, -0.2) is 4.79 Å². The van der Waals surface area contributed by atoms with E-state index in [0.29, 0.717) is 34.7 Å². The van der Waals surface area contributed by atoms with E-state index in [1.54, 1.807) is 19.1 Å². The predicted octanol–water partition coefficient (Wildman–Crippen LogP) is 2.60. The van der Waals surface area contributed by atoms with Crippen LogP contribution in [0.1, 0.15) is 31.4 Å². The Labute approximate surface area is 131 Å². The Balaban J connectivity index is 1.87.